The first-order valence-electron chi connectivity index (χ1n) is 6.58. The number of benzene rings is 1. The monoisotopic (exact) mass is 296 g/mol. The van der Waals surface area contributed by atoms with Gasteiger partial charge in [0.25, 0.3) is 0 Å². The molecule has 2 rings (SSSR count). The molecule has 2 aromatic rings. The second-order valence-electron chi connectivity index (χ2n) is 5.10. The van der Waals surface area contributed by atoms with Gasteiger partial charge in [-0.15, -0.1) is 0 Å². The predicted octanol–water partition coefficient (Wildman–Crippen LogP) is 3.65. The van der Waals surface area contributed by atoms with E-state index in [-0.39, 0.29) is 5.82 Å². The number of rotatable bonds is 4. The number of aliphatic hydroxyl groups is 1. The molecule has 1 N–H and O–H groups in total. The predicted molar refractivity (Wildman–Crippen MR) is 77.3 cm³/mol. The van der Waals surface area contributed by atoms with E-state index in [9.17, 15) is 9.50 Å². The van der Waals surface area contributed by atoms with E-state index in [1.165, 1.54) is 12.3 Å². The Morgan fingerprint density at radius 3 is 2.75 bits per heavy atom. The van der Waals surface area contributed by atoms with Crippen LogP contribution in [0, 0.1) is 12.7 Å². The lowest BCUT2D eigenvalue weighted by Crippen LogP contribution is -2.27. The van der Waals surface area contributed by atoms with E-state index >= 15 is 0 Å². The number of hydrogen-bond donors (Lipinski definition) is 1. The molecule has 108 valence electrons. The first kappa shape index (κ1) is 15.0. The van der Waals surface area contributed by atoms with Gasteiger partial charge in [-0.3, -0.25) is 4.68 Å². The van der Waals surface area contributed by atoms with Crippen molar-refractivity contribution in [2.45, 2.75) is 39.3 Å². The van der Waals surface area contributed by atoms with Gasteiger partial charge < -0.3 is 5.11 Å². The maximum Gasteiger partial charge on any atom is 0.130 e. The van der Waals surface area contributed by atoms with Gasteiger partial charge in [0.15, 0.2) is 0 Å². The zero-order valence-corrected chi connectivity index (χ0v) is 12.6. The molecular weight excluding hydrogens is 279 g/mol. The molecule has 1 aromatic carbocycles. The second-order valence-corrected chi connectivity index (χ2v) is 5.51. The summed E-state index contributed by atoms with van der Waals surface area (Å²) >= 11 is 6.15. The van der Waals surface area contributed by atoms with E-state index in [0.717, 1.165) is 6.42 Å². The molecule has 1 heterocycles. The van der Waals surface area contributed by atoms with Gasteiger partial charge in [-0.1, -0.05) is 30.7 Å². The van der Waals surface area contributed by atoms with Crippen LogP contribution in [0.15, 0.2) is 24.4 Å². The molecule has 0 amide bonds. The molecule has 0 saturated carbocycles. The van der Waals surface area contributed by atoms with Crippen molar-refractivity contribution in [2.24, 2.45) is 0 Å². The van der Waals surface area contributed by atoms with Crippen LogP contribution in [-0.2, 0) is 12.1 Å². The summed E-state index contributed by atoms with van der Waals surface area (Å²) in [5.41, 5.74) is 0.0967. The lowest BCUT2D eigenvalue weighted by atomic mass is 9.91. The molecule has 1 unspecified atom stereocenters. The summed E-state index contributed by atoms with van der Waals surface area (Å²) in [6.45, 7) is 5.94. The van der Waals surface area contributed by atoms with Gasteiger partial charge in [0.2, 0.25) is 0 Å². The molecule has 0 aliphatic carbocycles. The maximum atomic E-state index is 13.7. The summed E-state index contributed by atoms with van der Waals surface area (Å²) in [4.78, 5) is 0. The molecule has 0 aliphatic rings. The summed E-state index contributed by atoms with van der Waals surface area (Å²) in [5.74, 6) is -0.347. The average Bonchev–Trinajstić information content (AvgIpc) is 2.75. The van der Waals surface area contributed by atoms with Crippen LogP contribution >= 0.6 is 11.6 Å². The van der Waals surface area contributed by atoms with Gasteiger partial charge in [0.05, 0.1) is 16.9 Å². The lowest BCUT2D eigenvalue weighted by molar-refractivity contribution is 0.0911. The van der Waals surface area contributed by atoms with Crippen LogP contribution in [0.5, 0.6) is 0 Å². The first-order chi connectivity index (χ1) is 9.37. The van der Waals surface area contributed by atoms with Crippen molar-refractivity contribution >= 4 is 11.6 Å². The summed E-state index contributed by atoms with van der Waals surface area (Å²) in [5, 5.41) is 15.4. The van der Waals surface area contributed by atoms with Crippen molar-refractivity contribution in [2.75, 3.05) is 0 Å². The van der Waals surface area contributed by atoms with E-state index in [1.54, 1.807) is 30.7 Å². The summed E-state index contributed by atoms with van der Waals surface area (Å²) < 4.78 is 15.4. The molecule has 0 radical (unpaired) electrons. The minimum absolute atomic E-state index is 0.347. The molecule has 0 saturated heterocycles. The van der Waals surface area contributed by atoms with Crippen molar-refractivity contribution in [1.29, 1.82) is 0 Å². The van der Waals surface area contributed by atoms with E-state index in [4.69, 9.17) is 11.6 Å². The quantitative estimate of drug-likeness (QED) is 0.935. The van der Waals surface area contributed by atoms with E-state index in [1.807, 2.05) is 6.92 Å². The minimum atomic E-state index is -1.39. The van der Waals surface area contributed by atoms with Gasteiger partial charge in [-0.25, -0.2) is 4.39 Å². The van der Waals surface area contributed by atoms with Gasteiger partial charge >= 0.3 is 0 Å². The third-order valence-corrected chi connectivity index (χ3v) is 3.70. The zero-order valence-electron chi connectivity index (χ0n) is 11.8. The van der Waals surface area contributed by atoms with E-state index < -0.39 is 5.60 Å². The van der Waals surface area contributed by atoms with E-state index in [0.29, 0.717) is 28.4 Å². The second kappa shape index (κ2) is 5.54. The molecular formula is C15H18ClFN2O. The van der Waals surface area contributed by atoms with Crippen LogP contribution in [0.1, 0.15) is 37.1 Å². The third-order valence-electron chi connectivity index (χ3n) is 3.43. The highest BCUT2D eigenvalue weighted by atomic mass is 35.5. The summed E-state index contributed by atoms with van der Waals surface area (Å²) in [6.07, 6.45) is 2.37. The highest BCUT2D eigenvalue weighted by Crippen LogP contribution is 2.34. The summed E-state index contributed by atoms with van der Waals surface area (Å²) in [6, 6.07) is 4.69. The Bertz CT molecular complexity index is 622. The standard InChI is InChI=1S/C15H18ClFN2O/c1-4-7-19-14(12(16)9-18-19)15(3,20)11-6-5-10(2)13(17)8-11/h5-6,8-9,20H,4,7H2,1-3H3. The highest BCUT2D eigenvalue weighted by molar-refractivity contribution is 6.31. The molecule has 0 fully saturated rings. The van der Waals surface area contributed by atoms with Gasteiger partial charge in [-0.05, 0) is 37.5 Å². The molecule has 5 heteroatoms. The fourth-order valence-electron chi connectivity index (χ4n) is 2.26. The molecule has 0 bridgehead atoms. The van der Waals surface area contributed by atoms with Crippen molar-refractivity contribution < 1.29 is 9.50 Å². The number of nitrogens with zero attached hydrogens (tertiary/aromatic N) is 2. The number of halogens is 2. The average molecular weight is 297 g/mol. The van der Waals surface area contributed by atoms with Gasteiger partial charge in [0, 0.05) is 6.54 Å². The Morgan fingerprint density at radius 1 is 1.45 bits per heavy atom. The van der Waals surface area contributed by atoms with Gasteiger partial charge in [-0.2, -0.15) is 5.10 Å². The van der Waals surface area contributed by atoms with Crippen LogP contribution in [0.25, 0.3) is 0 Å². The van der Waals surface area contributed by atoms with Crippen molar-refractivity contribution in [1.82, 2.24) is 9.78 Å². The topological polar surface area (TPSA) is 38.0 Å². The lowest BCUT2D eigenvalue weighted by Gasteiger charge is -2.26. The van der Waals surface area contributed by atoms with Crippen molar-refractivity contribution in [3.05, 3.63) is 52.1 Å². The largest absolute Gasteiger partial charge is 0.379 e. The first-order valence-corrected chi connectivity index (χ1v) is 6.96. The van der Waals surface area contributed by atoms with Crippen LogP contribution in [0.2, 0.25) is 5.02 Å². The highest BCUT2D eigenvalue weighted by Gasteiger charge is 2.32. The molecule has 1 atom stereocenters. The minimum Gasteiger partial charge on any atom is -0.379 e. The van der Waals surface area contributed by atoms with Gasteiger partial charge in [0.1, 0.15) is 11.4 Å². The van der Waals surface area contributed by atoms with Crippen molar-refractivity contribution in [3.8, 4) is 0 Å². The molecule has 0 spiro atoms. The van der Waals surface area contributed by atoms with Crippen LogP contribution in [0.3, 0.4) is 0 Å². The molecule has 0 aliphatic heterocycles. The fraction of sp³-hybridized carbons (Fsp3) is 0.400. The number of hydrogen-bond acceptors (Lipinski definition) is 2. The Morgan fingerprint density at radius 2 is 2.15 bits per heavy atom. The molecule has 20 heavy (non-hydrogen) atoms. The Hall–Kier alpha value is -1.39. The Kier molecular flexibility index (Phi) is 4.16. The zero-order chi connectivity index (χ0) is 14.9. The van der Waals surface area contributed by atoms with Crippen LogP contribution in [0.4, 0.5) is 4.39 Å². The van der Waals surface area contributed by atoms with Crippen LogP contribution in [-0.4, -0.2) is 14.9 Å². The number of aromatic nitrogens is 2. The van der Waals surface area contributed by atoms with E-state index in [2.05, 4.69) is 5.10 Å². The van der Waals surface area contributed by atoms with Crippen molar-refractivity contribution in [3.63, 3.8) is 0 Å². The normalized spacial score (nSPS) is 14.3. The number of aryl methyl sites for hydroxylation is 2. The maximum absolute atomic E-state index is 13.7. The van der Waals surface area contributed by atoms with Crippen LogP contribution < -0.4 is 0 Å². The Balaban J connectivity index is 2.53. The summed E-state index contributed by atoms with van der Waals surface area (Å²) in [7, 11) is 0. The fourth-order valence-corrected chi connectivity index (χ4v) is 2.59. The SMILES string of the molecule is CCCn1ncc(Cl)c1C(C)(O)c1ccc(C)c(F)c1. The molecule has 3 nitrogen and oxygen atoms in total. The smallest absolute Gasteiger partial charge is 0.130 e. The third kappa shape index (κ3) is 2.58. The molecule has 1 aromatic heterocycles. The Labute approximate surface area is 123 Å².